The molecule has 0 bridgehead atoms. The second-order valence-electron chi connectivity index (χ2n) is 6.73. The van der Waals surface area contributed by atoms with Gasteiger partial charge in [-0.15, -0.1) is 11.3 Å². The molecule has 0 fully saturated rings. The van der Waals surface area contributed by atoms with Gasteiger partial charge in [0.2, 0.25) is 0 Å². The molecule has 1 aromatic heterocycles. The van der Waals surface area contributed by atoms with Gasteiger partial charge in [-0.05, 0) is 31.2 Å². The van der Waals surface area contributed by atoms with Gasteiger partial charge in [-0.2, -0.15) is 26.3 Å². The first kappa shape index (κ1) is 23.6. The number of fused-ring (bicyclic) bond motifs is 3. The van der Waals surface area contributed by atoms with Gasteiger partial charge in [0.15, 0.2) is 0 Å². The Morgan fingerprint density at radius 1 is 0.875 bits per heavy atom. The van der Waals surface area contributed by atoms with E-state index in [2.05, 4.69) is 6.58 Å². The summed E-state index contributed by atoms with van der Waals surface area (Å²) in [6, 6.07) is 4.06. The Morgan fingerprint density at radius 2 is 1.31 bits per heavy atom. The number of esters is 2. The molecule has 32 heavy (non-hydrogen) atoms. The van der Waals surface area contributed by atoms with Gasteiger partial charge in [-0.25, -0.2) is 4.79 Å². The van der Waals surface area contributed by atoms with Gasteiger partial charge in [0, 0.05) is 22.8 Å². The molecule has 0 atom stereocenters. The van der Waals surface area contributed by atoms with Gasteiger partial charge in [0.25, 0.3) is 0 Å². The van der Waals surface area contributed by atoms with Gasteiger partial charge in [0.05, 0.1) is 9.40 Å². The van der Waals surface area contributed by atoms with E-state index < -0.39 is 56.3 Å². The summed E-state index contributed by atoms with van der Waals surface area (Å²) in [6.07, 6.45) is -10.3. The van der Waals surface area contributed by atoms with Gasteiger partial charge >= 0.3 is 24.3 Å². The number of hydrogen-bond donors (Lipinski definition) is 0. The van der Waals surface area contributed by atoms with E-state index in [1.165, 1.54) is 13.8 Å². The van der Waals surface area contributed by atoms with Crippen molar-refractivity contribution >= 4 is 43.4 Å². The van der Waals surface area contributed by atoms with Crippen LogP contribution in [0.3, 0.4) is 0 Å². The largest absolute Gasteiger partial charge is 0.426 e. The number of benzene rings is 2. The van der Waals surface area contributed by atoms with Crippen LogP contribution >= 0.6 is 11.3 Å². The Hall–Kier alpha value is -3.08. The molecule has 0 amide bonds. The fourth-order valence-electron chi connectivity index (χ4n) is 2.96. The lowest BCUT2D eigenvalue weighted by atomic mass is 10.0. The van der Waals surface area contributed by atoms with Crippen molar-refractivity contribution in [3.05, 3.63) is 47.5 Å². The number of carbonyl (C=O) groups excluding carboxylic acids is 2. The maximum Gasteiger partial charge on any atom is 0.421 e. The zero-order valence-corrected chi connectivity index (χ0v) is 17.3. The number of carbonyl (C=O) groups is 2. The van der Waals surface area contributed by atoms with Gasteiger partial charge in [0.1, 0.15) is 22.6 Å². The molecule has 4 nitrogen and oxygen atoms in total. The molecule has 3 aromatic rings. The third kappa shape index (κ3) is 4.29. The van der Waals surface area contributed by atoms with E-state index in [-0.39, 0.29) is 34.1 Å². The van der Waals surface area contributed by atoms with Crippen molar-refractivity contribution < 1.29 is 45.4 Å². The molecule has 1 heterocycles. The van der Waals surface area contributed by atoms with Crippen molar-refractivity contribution in [2.24, 2.45) is 0 Å². The second kappa shape index (κ2) is 8.12. The highest BCUT2D eigenvalue weighted by Crippen LogP contribution is 2.51. The maximum absolute atomic E-state index is 13.9. The summed E-state index contributed by atoms with van der Waals surface area (Å²) in [5, 5.41) is -0.233. The van der Waals surface area contributed by atoms with Crippen LogP contribution in [0.25, 0.3) is 20.2 Å². The topological polar surface area (TPSA) is 52.6 Å². The molecule has 0 unspecified atom stereocenters. The third-order valence-electron chi connectivity index (χ3n) is 4.36. The zero-order valence-electron chi connectivity index (χ0n) is 16.5. The standard InChI is InChI=1S/C21H14F6O4S/c1-4-14(28)30-12-7-5-10-11-6-8-13(31-19(29)9(2)3)16(21(25,26)27)18(11)32-17(10)15(12)20(22,23)24/h5-8H,2,4H2,1,3H3. The zero-order chi connectivity index (χ0) is 24.0. The van der Waals surface area contributed by atoms with Gasteiger partial charge in [-0.1, -0.05) is 13.5 Å². The van der Waals surface area contributed by atoms with Crippen molar-refractivity contribution in [1.82, 2.24) is 0 Å². The Labute approximate surface area is 181 Å². The molecule has 3 rings (SSSR count). The quantitative estimate of drug-likeness (QED) is 0.178. The molecule has 0 radical (unpaired) electrons. The first-order chi connectivity index (χ1) is 14.8. The Kier molecular flexibility index (Phi) is 5.98. The van der Waals surface area contributed by atoms with E-state index in [4.69, 9.17) is 9.47 Å². The van der Waals surface area contributed by atoms with Crippen molar-refractivity contribution in [3.8, 4) is 11.5 Å². The Balaban J connectivity index is 2.39. The van der Waals surface area contributed by atoms with Crippen LogP contribution in [0.1, 0.15) is 31.4 Å². The van der Waals surface area contributed by atoms with Crippen LogP contribution in [0.15, 0.2) is 36.4 Å². The molecular weight excluding hydrogens is 462 g/mol. The SMILES string of the molecule is C=C(C)C(=O)Oc1ccc2c(sc3c(C(F)(F)F)c(OC(=O)CC)ccc32)c1C(F)(F)F. The lowest BCUT2D eigenvalue weighted by Crippen LogP contribution is -2.14. The lowest BCUT2D eigenvalue weighted by molar-refractivity contribution is -0.142. The molecule has 0 aliphatic heterocycles. The van der Waals surface area contributed by atoms with Crippen molar-refractivity contribution in [1.29, 1.82) is 0 Å². The number of halogens is 6. The molecule has 170 valence electrons. The normalized spacial score (nSPS) is 12.2. The first-order valence-corrected chi connectivity index (χ1v) is 9.82. The summed E-state index contributed by atoms with van der Waals surface area (Å²) >= 11 is 0.222. The van der Waals surface area contributed by atoms with Crippen LogP contribution in [0.2, 0.25) is 0 Å². The third-order valence-corrected chi connectivity index (χ3v) is 5.62. The molecule has 0 saturated carbocycles. The van der Waals surface area contributed by atoms with Crippen LogP contribution in [-0.4, -0.2) is 11.9 Å². The van der Waals surface area contributed by atoms with E-state index in [1.54, 1.807) is 0 Å². The summed E-state index contributed by atoms with van der Waals surface area (Å²) < 4.78 is 91.7. The summed E-state index contributed by atoms with van der Waals surface area (Å²) in [5.74, 6) is -3.69. The van der Waals surface area contributed by atoms with E-state index in [0.29, 0.717) is 0 Å². The van der Waals surface area contributed by atoms with Gasteiger partial charge in [-0.3, -0.25) is 4.79 Å². The second-order valence-corrected chi connectivity index (χ2v) is 7.75. The minimum atomic E-state index is -5.04. The summed E-state index contributed by atoms with van der Waals surface area (Å²) in [7, 11) is 0. The predicted molar refractivity (Wildman–Crippen MR) is 106 cm³/mol. The molecule has 11 heteroatoms. The highest BCUT2D eigenvalue weighted by Gasteiger charge is 2.41. The monoisotopic (exact) mass is 476 g/mol. The number of thiophene rings is 1. The molecule has 0 N–H and O–H groups in total. The lowest BCUT2D eigenvalue weighted by Gasteiger charge is -2.14. The fraction of sp³-hybridized carbons (Fsp3) is 0.238. The minimum absolute atomic E-state index is 0.114. The molecule has 0 spiro atoms. The first-order valence-electron chi connectivity index (χ1n) is 9.00. The minimum Gasteiger partial charge on any atom is -0.426 e. The Morgan fingerprint density at radius 3 is 1.69 bits per heavy atom. The number of hydrogen-bond acceptors (Lipinski definition) is 5. The maximum atomic E-state index is 13.9. The highest BCUT2D eigenvalue weighted by atomic mass is 32.1. The van der Waals surface area contributed by atoms with Crippen molar-refractivity contribution in [2.45, 2.75) is 32.6 Å². The summed E-state index contributed by atoms with van der Waals surface area (Å²) in [4.78, 5) is 23.3. The highest BCUT2D eigenvalue weighted by molar-refractivity contribution is 7.26. The molecule has 0 aliphatic rings. The Bertz CT molecular complexity index is 1250. The van der Waals surface area contributed by atoms with E-state index in [9.17, 15) is 35.9 Å². The number of alkyl halides is 6. The van der Waals surface area contributed by atoms with Gasteiger partial charge < -0.3 is 9.47 Å². The van der Waals surface area contributed by atoms with Crippen LogP contribution in [0.4, 0.5) is 26.3 Å². The average molecular weight is 476 g/mol. The predicted octanol–water partition coefficient (Wildman–Crippen LogP) is 6.89. The molecule has 2 aromatic carbocycles. The van der Waals surface area contributed by atoms with Crippen LogP contribution in [0, 0.1) is 0 Å². The van der Waals surface area contributed by atoms with E-state index in [1.807, 2.05) is 0 Å². The number of rotatable bonds is 4. The summed E-state index contributed by atoms with van der Waals surface area (Å²) in [6.45, 7) is 5.92. The van der Waals surface area contributed by atoms with Crippen LogP contribution in [0.5, 0.6) is 11.5 Å². The smallest absolute Gasteiger partial charge is 0.421 e. The number of ether oxygens (including phenoxy) is 2. The van der Waals surface area contributed by atoms with E-state index >= 15 is 0 Å². The molecule has 0 aliphatic carbocycles. The summed E-state index contributed by atoms with van der Waals surface area (Å²) in [5.41, 5.74) is -2.89. The van der Waals surface area contributed by atoms with Crippen LogP contribution < -0.4 is 9.47 Å². The van der Waals surface area contributed by atoms with Crippen molar-refractivity contribution in [3.63, 3.8) is 0 Å². The molecular formula is C21H14F6O4S. The van der Waals surface area contributed by atoms with Crippen LogP contribution in [-0.2, 0) is 21.9 Å². The molecule has 0 saturated heterocycles. The average Bonchev–Trinajstić information content (AvgIpc) is 3.03. The fourth-order valence-corrected chi connectivity index (χ4v) is 4.37. The van der Waals surface area contributed by atoms with E-state index in [0.717, 1.165) is 24.3 Å². The van der Waals surface area contributed by atoms with Crippen molar-refractivity contribution in [2.75, 3.05) is 0 Å².